The molecule has 2 heterocycles. The zero-order valence-electron chi connectivity index (χ0n) is 11.9. The van der Waals surface area contributed by atoms with E-state index in [4.69, 9.17) is 17.0 Å². The number of nitrogens with zero attached hydrogens (tertiary/aromatic N) is 3. The first-order chi connectivity index (χ1) is 9.81. The molecular weight excluding hydrogens is 292 g/mol. The third-order valence-corrected chi connectivity index (χ3v) is 4.44. The zero-order chi connectivity index (χ0) is 14.2. The van der Waals surface area contributed by atoms with Crippen LogP contribution in [0.1, 0.15) is 13.3 Å². The monoisotopic (exact) mass is 314 g/mol. The minimum atomic E-state index is 0.781. The average molecular weight is 314 g/mol. The van der Waals surface area contributed by atoms with Gasteiger partial charge in [-0.15, -0.1) is 11.3 Å². The molecule has 0 amide bonds. The van der Waals surface area contributed by atoms with E-state index in [-0.39, 0.29) is 0 Å². The Kier molecular flexibility index (Phi) is 6.49. The number of thiocarbonyl (C=S) groups is 1. The molecule has 0 atom stereocenters. The van der Waals surface area contributed by atoms with Gasteiger partial charge in [-0.3, -0.25) is 0 Å². The molecule has 0 saturated carbocycles. The summed E-state index contributed by atoms with van der Waals surface area (Å²) >= 11 is 7.13. The van der Waals surface area contributed by atoms with Crippen LogP contribution in [-0.4, -0.2) is 60.9 Å². The van der Waals surface area contributed by atoms with Gasteiger partial charge in [-0.2, -0.15) is 0 Å². The molecular formula is C13H22N4OS2. The van der Waals surface area contributed by atoms with E-state index in [0.717, 1.165) is 62.6 Å². The first-order valence-electron chi connectivity index (χ1n) is 7.06. The van der Waals surface area contributed by atoms with Gasteiger partial charge in [0.25, 0.3) is 0 Å². The van der Waals surface area contributed by atoms with E-state index in [1.807, 2.05) is 18.5 Å². The lowest BCUT2D eigenvalue weighted by Gasteiger charge is -2.36. The molecule has 0 aromatic carbocycles. The van der Waals surface area contributed by atoms with E-state index >= 15 is 0 Å². The van der Waals surface area contributed by atoms with Gasteiger partial charge >= 0.3 is 0 Å². The fraction of sp³-hybridized carbons (Fsp3) is 0.692. The summed E-state index contributed by atoms with van der Waals surface area (Å²) in [5.74, 6) is 0. The van der Waals surface area contributed by atoms with Crippen LogP contribution in [0, 0.1) is 0 Å². The molecule has 7 heteroatoms. The molecule has 2 rings (SSSR count). The predicted molar refractivity (Wildman–Crippen MR) is 87.6 cm³/mol. The molecule has 1 fully saturated rings. The maximum absolute atomic E-state index is 5.43. The first-order valence-corrected chi connectivity index (χ1v) is 8.35. The van der Waals surface area contributed by atoms with Crippen LogP contribution in [0.5, 0.6) is 0 Å². The molecule has 1 N–H and O–H groups in total. The van der Waals surface area contributed by atoms with Crippen molar-refractivity contribution < 1.29 is 4.74 Å². The van der Waals surface area contributed by atoms with Crippen LogP contribution in [-0.2, 0) is 4.74 Å². The molecule has 0 spiro atoms. The minimum Gasteiger partial charge on any atom is -0.382 e. The lowest BCUT2D eigenvalue weighted by atomic mass is 10.3. The van der Waals surface area contributed by atoms with Gasteiger partial charge in [0, 0.05) is 57.5 Å². The van der Waals surface area contributed by atoms with E-state index in [0.29, 0.717) is 0 Å². The molecule has 1 aliphatic heterocycles. The van der Waals surface area contributed by atoms with Crippen molar-refractivity contribution in [2.75, 3.05) is 50.8 Å². The van der Waals surface area contributed by atoms with Crippen LogP contribution in [0.4, 0.5) is 5.13 Å². The predicted octanol–water partition coefficient (Wildman–Crippen LogP) is 1.57. The molecule has 0 aliphatic carbocycles. The summed E-state index contributed by atoms with van der Waals surface area (Å²) in [6.07, 6.45) is 2.85. The smallest absolute Gasteiger partial charge is 0.185 e. The van der Waals surface area contributed by atoms with Crippen LogP contribution in [0.2, 0.25) is 0 Å². The quantitative estimate of drug-likeness (QED) is 0.635. The minimum absolute atomic E-state index is 0.781. The van der Waals surface area contributed by atoms with Crippen molar-refractivity contribution in [2.45, 2.75) is 13.3 Å². The highest BCUT2D eigenvalue weighted by atomic mass is 32.1. The van der Waals surface area contributed by atoms with E-state index in [2.05, 4.69) is 20.1 Å². The Labute approximate surface area is 129 Å². The Hall–Kier alpha value is -0.920. The van der Waals surface area contributed by atoms with Crippen LogP contribution >= 0.6 is 23.6 Å². The number of piperazine rings is 1. The van der Waals surface area contributed by atoms with Crippen LogP contribution in [0.3, 0.4) is 0 Å². The third kappa shape index (κ3) is 4.57. The highest BCUT2D eigenvalue weighted by Crippen LogP contribution is 2.18. The molecule has 0 unspecified atom stereocenters. The van der Waals surface area contributed by atoms with Crippen molar-refractivity contribution in [1.82, 2.24) is 15.2 Å². The maximum Gasteiger partial charge on any atom is 0.185 e. The van der Waals surface area contributed by atoms with E-state index < -0.39 is 0 Å². The van der Waals surface area contributed by atoms with Gasteiger partial charge in [0.05, 0.1) is 0 Å². The number of anilines is 1. The van der Waals surface area contributed by atoms with Crippen LogP contribution in [0.25, 0.3) is 0 Å². The summed E-state index contributed by atoms with van der Waals surface area (Å²) in [4.78, 5) is 8.91. The van der Waals surface area contributed by atoms with Crippen molar-refractivity contribution in [3.05, 3.63) is 11.6 Å². The first kappa shape index (κ1) is 15.5. The Morgan fingerprint density at radius 3 is 2.90 bits per heavy atom. The second-order valence-corrected chi connectivity index (χ2v) is 5.83. The molecule has 1 aromatic rings. The molecule has 1 saturated heterocycles. The second-order valence-electron chi connectivity index (χ2n) is 4.57. The van der Waals surface area contributed by atoms with Crippen LogP contribution in [0.15, 0.2) is 11.6 Å². The van der Waals surface area contributed by atoms with Crippen molar-refractivity contribution in [3.8, 4) is 0 Å². The SMILES string of the molecule is CCOCCCNC(=S)N1CCN(c2nccs2)CC1. The summed E-state index contributed by atoms with van der Waals surface area (Å²) in [6, 6.07) is 0. The fourth-order valence-electron chi connectivity index (χ4n) is 2.10. The number of ether oxygens (including phenoxy) is 1. The Balaban J connectivity index is 1.64. The summed E-state index contributed by atoms with van der Waals surface area (Å²) in [5, 5.41) is 7.30. The highest BCUT2D eigenvalue weighted by Gasteiger charge is 2.19. The number of nitrogens with one attached hydrogen (secondary N) is 1. The molecule has 0 radical (unpaired) electrons. The molecule has 112 valence electrons. The maximum atomic E-state index is 5.43. The summed E-state index contributed by atoms with van der Waals surface area (Å²) < 4.78 is 5.31. The number of thiazole rings is 1. The van der Waals surface area contributed by atoms with Crippen molar-refractivity contribution in [2.24, 2.45) is 0 Å². The lowest BCUT2D eigenvalue weighted by Crippen LogP contribution is -2.51. The van der Waals surface area contributed by atoms with Gasteiger partial charge in [-0.25, -0.2) is 4.98 Å². The van der Waals surface area contributed by atoms with E-state index in [9.17, 15) is 0 Å². The highest BCUT2D eigenvalue weighted by molar-refractivity contribution is 7.80. The molecule has 1 aromatic heterocycles. The van der Waals surface area contributed by atoms with E-state index in [1.165, 1.54) is 0 Å². The van der Waals surface area contributed by atoms with Crippen LogP contribution < -0.4 is 10.2 Å². The number of hydrogen-bond donors (Lipinski definition) is 1. The largest absolute Gasteiger partial charge is 0.382 e. The number of hydrogen-bond acceptors (Lipinski definition) is 5. The average Bonchev–Trinajstić information content (AvgIpc) is 3.01. The number of aromatic nitrogens is 1. The Morgan fingerprint density at radius 2 is 2.25 bits per heavy atom. The van der Waals surface area contributed by atoms with Crippen molar-refractivity contribution in [1.29, 1.82) is 0 Å². The van der Waals surface area contributed by atoms with E-state index in [1.54, 1.807) is 11.3 Å². The lowest BCUT2D eigenvalue weighted by molar-refractivity contribution is 0.145. The molecule has 1 aliphatic rings. The van der Waals surface area contributed by atoms with Gasteiger partial charge in [-0.05, 0) is 25.6 Å². The summed E-state index contributed by atoms with van der Waals surface area (Å²) in [7, 11) is 0. The fourth-order valence-corrected chi connectivity index (χ4v) is 3.08. The third-order valence-electron chi connectivity index (χ3n) is 3.20. The van der Waals surface area contributed by atoms with Gasteiger partial charge in [0.2, 0.25) is 0 Å². The van der Waals surface area contributed by atoms with Gasteiger partial charge in [-0.1, -0.05) is 0 Å². The van der Waals surface area contributed by atoms with Crippen molar-refractivity contribution >= 4 is 33.8 Å². The van der Waals surface area contributed by atoms with Crippen molar-refractivity contribution in [3.63, 3.8) is 0 Å². The Morgan fingerprint density at radius 1 is 1.45 bits per heavy atom. The summed E-state index contributed by atoms with van der Waals surface area (Å²) in [6.45, 7) is 8.34. The van der Waals surface area contributed by atoms with Gasteiger partial charge < -0.3 is 19.9 Å². The zero-order valence-corrected chi connectivity index (χ0v) is 13.5. The summed E-state index contributed by atoms with van der Waals surface area (Å²) in [5.41, 5.74) is 0. The van der Waals surface area contributed by atoms with Gasteiger partial charge in [0.1, 0.15) is 0 Å². The standard InChI is InChI=1S/C13H22N4OS2/c1-2-18-10-3-4-14-12(19)16-6-8-17(9-7-16)13-15-5-11-20-13/h5,11H,2-4,6-10H2,1H3,(H,14,19). The normalized spacial score (nSPS) is 15.4. The van der Waals surface area contributed by atoms with Gasteiger partial charge in [0.15, 0.2) is 10.2 Å². The number of rotatable bonds is 6. The topological polar surface area (TPSA) is 40.6 Å². The Bertz CT molecular complexity index is 391. The second kappa shape index (κ2) is 8.39. The molecule has 0 bridgehead atoms. The molecule has 5 nitrogen and oxygen atoms in total. The molecule has 20 heavy (non-hydrogen) atoms.